The van der Waals surface area contributed by atoms with Crippen LogP contribution in [0.3, 0.4) is 0 Å². The van der Waals surface area contributed by atoms with E-state index in [4.69, 9.17) is 5.41 Å². The van der Waals surface area contributed by atoms with Gasteiger partial charge >= 0.3 is 6.43 Å². The lowest BCUT2D eigenvalue weighted by molar-refractivity contribution is 0.195. The Balaban J connectivity index is 1.70. The summed E-state index contributed by atoms with van der Waals surface area (Å²) in [4.78, 5) is 12.8. The molecule has 2 heterocycles. The van der Waals surface area contributed by atoms with E-state index < -0.39 is 12.3 Å². The predicted molar refractivity (Wildman–Crippen MR) is 89.3 cm³/mol. The summed E-state index contributed by atoms with van der Waals surface area (Å²) in [6, 6.07) is 5.77. The van der Waals surface area contributed by atoms with Crippen molar-refractivity contribution in [1.29, 1.82) is 5.41 Å². The molecule has 1 fully saturated rings. The SMILES string of the molecule is C=C(OC(=N)C(F)F)c1cnc(NC2(c3ccccn3)CCC2)nc1. The molecule has 2 aromatic heterocycles. The first-order valence-corrected chi connectivity index (χ1v) is 7.76. The maximum Gasteiger partial charge on any atom is 0.312 e. The van der Waals surface area contributed by atoms with Crippen molar-refractivity contribution in [3.8, 4) is 0 Å². The molecule has 8 heteroatoms. The number of hydrogen-bond donors (Lipinski definition) is 2. The van der Waals surface area contributed by atoms with Gasteiger partial charge in [-0.1, -0.05) is 12.6 Å². The normalized spacial score (nSPS) is 15.3. The molecule has 0 radical (unpaired) electrons. The van der Waals surface area contributed by atoms with Crippen molar-refractivity contribution in [3.63, 3.8) is 0 Å². The lowest BCUT2D eigenvalue weighted by atomic mass is 9.74. The highest BCUT2D eigenvalue weighted by atomic mass is 19.3. The number of halogens is 2. The van der Waals surface area contributed by atoms with Crippen LogP contribution < -0.4 is 5.32 Å². The van der Waals surface area contributed by atoms with E-state index in [1.807, 2.05) is 18.2 Å². The number of rotatable bonds is 6. The van der Waals surface area contributed by atoms with Crippen molar-refractivity contribution >= 4 is 17.6 Å². The monoisotopic (exact) mass is 345 g/mol. The van der Waals surface area contributed by atoms with Crippen LogP contribution in [0, 0.1) is 5.41 Å². The topological polar surface area (TPSA) is 83.8 Å². The van der Waals surface area contributed by atoms with Crippen LogP contribution in [-0.4, -0.2) is 27.3 Å². The standard InChI is InChI=1S/C17H17F2N5O/c1-11(25-15(20)14(18)19)12-9-22-16(23-10-12)24-17(6-4-7-17)13-5-2-3-8-21-13/h2-3,5,8-10,14,20H,1,4,6-7H2,(H,22,23,24). The summed E-state index contributed by atoms with van der Waals surface area (Å²) < 4.78 is 29.3. The van der Waals surface area contributed by atoms with Crippen LogP contribution in [0.15, 0.2) is 43.4 Å². The number of pyridine rings is 1. The minimum atomic E-state index is -2.99. The highest BCUT2D eigenvalue weighted by molar-refractivity contribution is 5.81. The van der Waals surface area contributed by atoms with Crippen molar-refractivity contribution < 1.29 is 13.5 Å². The largest absolute Gasteiger partial charge is 0.438 e. The van der Waals surface area contributed by atoms with Crippen molar-refractivity contribution in [2.75, 3.05) is 5.32 Å². The average molecular weight is 345 g/mol. The lowest BCUT2D eigenvalue weighted by Gasteiger charge is -2.42. The molecule has 1 aliphatic rings. The van der Waals surface area contributed by atoms with Gasteiger partial charge in [0.15, 0.2) is 0 Å². The number of alkyl halides is 2. The third-order valence-corrected chi connectivity index (χ3v) is 4.12. The minimum absolute atomic E-state index is 0.0973. The van der Waals surface area contributed by atoms with Crippen molar-refractivity contribution in [2.45, 2.75) is 31.2 Å². The molecule has 0 unspecified atom stereocenters. The van der Waals surface area contributed by atoms with E-state index in [0.29, 0.717) is 11.5 Å². The summed E-state index contributed by atoms with van der Waals surface area (Å²) in [6.45, 7) is 3.52. The van der Waals surface area contributed by atoms with Crippen LogP contribution in [-0.2, 0) is 10.3 Å². The first kappa shape index (κ1) is 16.9. The summed E-state index contributed by atoms with van der Waals surface area (Å²) in [5, 5.41) is 10.3. The summed E-state index contributed by atoms with van der Waals surface area (Å²) in [6.07, 6.45) is 4.54. The highest BCUT2D eigenvalue weighted by Gasteiger charge is 2.40. The van der Waals surface area contributed by atoms with E-state index in [0.717, 1.165) is 25.0 Å². The first-order chi connectivity index (χ1) is 12.0. The van der Waals surface area contributed by atoms with Gasteiger partial charge in [-0.2, -0.15) is 8.78 Å². The van der Waals surface area contributed by atoms with Crippen LogP contribution in [0.4, 0.5) is 14.7 Å². The quantitative estimate of drug-likeness (QED) is 0.475. The van der Waals surface area contributed by atoms with Gasteiger partial charge in [0.05, 0.1) is 16.8 Å². The maximum atomic E-state index is 12.3. The summed E-state index contributed by atoms with van der Waals surface area (Å²) in [5.41, 5.74) is 0.983. The Morgan fingerprint density at radius 3 is 2.48 bits per heavy atom. The highest BCUT2D eigenvalue weighted by Crippen LogP contribution is 2.42. The molecule has 25 heavy (non-hydrogen) atoms. The Hall–Kier alpha value is -2.90. The molecule has 0 spiro atoms. The smallest absolute Gasteiger partial charge is 0.312 e. The molecule has 1 saturated carbocycles. The van der Waals surface area contributed by atoms with Crippen LogP contribution in [0.5, 0.6) is 0 Å². The average Bonchev–Trinajstić information content (AvgIpc) is 2.59. The van der Waals surface area contributed by atoms with Crippen molar-refractivity contribution in [1.82, 2.24) is 15.0 Å². The number of hydrogen-bond acceptors (Lipinski definition) is 6. The molecule has 2 N–H and O–H groups in total. The summed E-state index contributed by atoms with van der Waals surface area (Å²) in [5.74, 6) is -0.846. The van der Waals surface area contributed by atoms with E-state index in [2.05, 4.69) is 31.6 Å². The number of nitrogens with zero attached hydrogens (tertiary/aromatic N) is 3. The van der Waals surface area contributed by atoms with Crippen LogP contribution >= 0.6 is 0 Å². The van der Waals surface area contributed by atoms with E-state index in [1.165, 1.54) is 12.4 Å². The van der Waals surface area contributed by atoms with Crippen LogP contribution in [0.2, 0.25) is 0 Å². The van der Waals surface area contributed by atoms with Gasteiger partial charge in [-0.25, -0.2) is 9.97 Å². The fraction of sp³-hybridized carbons (Fsp3) is 0.294. The Bertz CT molecular complexity index is 760. The van der Waals surface area contributed by atoms with Crippen LogP contribution in [0.1, 0.15) is 30.5 Å². The summed E-state index contributed by atoms with van der Waals surface area (Å²) in [7, 11) is 0. The molecule has 0 aliphatic heterocycles. The molecule has 130 valence electrons. The molecule has 3 rings (SSSR count). The second-order valence-electron chi connectivity index (χ2n) is 5.76. The van der Waals surface area contributed by atoms with E-state index in [-0.39, 0.29) is 11.3 Å². The number of nitrogens with one attached hydrogen (secondary N) is 2. The molecule has 0 bridgehead atoms. The molecule has 0 saturated heterocycles. The number of anilines is 1. The molecule has 0 amide bonds. The molecular formula is C17H17F2N5O. The fourth-order valence-electron chi connectivity index (χ4n) is 2.61. The van der Waals surface area contributed by atoms with Gasteiger partial charge in [-0.15, -0.1) is 0 Å². The molecule has 0 atom stereocenters. The van der Waals surface area contributed by atoms with E-state index in [9.17, 15) is 8.78 Å². The minimum Gasteiger partial charge on any atom is -0.438 e. The van der Waals surface area contributed by atoms with Crippen LogP contribution in [0.25, 0.3) is 5.76 Å². The van der Waals surface area contributed by atoms with Gasteiger partial charge in [0.1, 0.15) is 5.76 Å². The zero-order valence-corrected chi connectivity index (χ0v) is 13.4. The zero-order chi connectivity index (χ0) is 17.9. The van der Waals surface area contributed by atoms with Crippen molar-refractivity contribution in [3.05, 3.63) is 54.6 Å². The van der Waals surface area contributed by atoms with Gasteiger partial charge in [-0.05, 0) is 31.4 Å². The Labute approximate surface area is 143 Å². The number of ether oxygens (including phenoxy) is 1. The second-order valence-corrected chi connectivity index (χ2v) is 5.76. The first-order valence-electron chi connectivity index (χ1n) is 7.76. The molecule has 2 aromatic rings. The van der Waals surface area contributed by atoms with E-state index in [1.54, 1.807) is 6.20 Å². The van der Waals surface area contributed by atoms with Gasteiger partial charge in [0.25, 0.3) is 5.90 Å². The fourth-order valence-corrected chi connectivity index (χ4v) is 2.61. The Morgan fingerprint density at radius 1 is 1.24 bits per heavy atom. The third-order valence-electron chi connectivity index (χ3n) is 4.12. The molecule has 6 nitrogen and oxygen atoms in total. The third kappa shape index (κ3) is 3.62. The zero-order valence-electron chi connectivity index (χ0n) is 13.4. The van der Waals surface area contributed by atoms with Gasteiger partial charge in [-0.3, -0.25) is 10.4 Å². The molecule has 0 aromatic carbocycles. The van der Waals surface area contributed by atoms with Gasteiger partial charge in [0, 0.05) is 18.6 Å². The maximum absolute atomic E-state index is 12.3. The van der Waals surface area contributed by atoms with Gasteiger partial charge < -0.3 is 10.1 Å². The van der Waals surface area contributed by atoms with Crippen molar-refractivity contribution in [2.24, 2.45) is 0 Å². The summed E-state index contributed by atoms with van der Waals surface area (Å²) >= 11 is 0. The number of aromatic nitrogens is 3. The lowest BCUT2D eigenvalue weighted by Crippen LogP contribution is -2.43. The Kier molecular flexibility index (Phi) is 4.69. The molecular weight excluding hydrogens is 328 g/mol. The second kappa shape index (κ2) is 6.92. The Morgan fingerprint density at radius 2 is 1.96 bits per heavy atom. The van der Waals surface area contributed by atoms with E-state index >= 15 is 0 Å². The molecule has 1 aliphatic carbocycles. The predicted octanol–water partition coefficient (Wildman–Crippen LogP) is 3.59. The van der Waals surface area contributed by atoms with Gasteiger partial charge in [0.2, 0.25) is 5.95 Å².